The molecule has 1 aromatic heterocycles. The van der Waals surface area contributed by atoms with E-state index in [4.69, 9.17) is 5.10 Å². The highest BCUT2D eigenvalue weighted by atomic mass is 79.9. The van der Waals surface area contributed by atoms with Gasteiger partial charge in [0.2, 0.25) is 0 Å². The summed E-state index contributed by atoms with van der Waals surface area (Å²) in [6, 6.07) is 22.3. The second-order valence-corrected chi connectivity index (χ2v) is 10.5. The number of carbonyl (C=O) groups excluding carboxylic acids is 1. The molecular weight excluding hydrogens is 525 g/mol. The van der Waals surface area contributed by atoms with Crippen molar-refractivity contribution in [2.24, 2.45) is 5.10 Å². The standard InChI is InChI=1S/C28H25BrFN3OS/c1-2-15-32-17-27(23-5-3-4-6-25(23)32)35-18-28(34)33-26(20-9-13-22(30)14-10-20)16-24(31-33)19-7-11-21(29)12-8-19/h3-14,17,26H,2,15-16,18H2,1H3/t26-/m1/s1. The summed E-state index contributed by atoms with van der Waals surface area (Å²) in [6.45, 7) is 3.10. The molecule has 0 fully saturated rings. The highest BCUT2D eigenvalue weighted by Crippen LogP contribution is 2.35. The van der Waals surface area contributed by atoms with E-state index in [1.807, 2.05) is 36.4 Å². The van der Waals surface area contributed by atoms with Gasteiger partial charge in [-0.05, 0) is 47.9 Å². The molecule has 0 bridgehead atoms. The van der Waals surface area contributed by atoms with Crippen LogP contribution in [0.25, 0.3) is 10.9 Å². The third-order valence-electron chi connectivity index (χ3n) is 6.17. The monoisotopic (exact) mass is 549 g/mol. The van der Waals surface area contributed by atoms with Crippen molar-refractivity contribution in [2.45, 2.75) is 37.2 Å². The minimum atomic E-state index is -0.294. The van der Waals surface area contributed by atoms with Crippen LogP contribution in [0.15, 0.2) is 93.5 Å². The van der Waals surface area contributed by atoms with Gasteiger partial charge in [0.15, 0.2) is 0 Å². The topological polar surface area (TPSA) is 37.6 Å². The minimum Gasteiger partial charge on any atom is -0.346 e. The summed E-state index contributed by atoms with van der Waals surface area (Å²) in [4.78, 5) is 14.6. The minimum absolute atomic E-state index is 0.0660. The molecule has 4 aromatic rings. The first-order valence-electron chi connectivity index (χ1n) is 11.6. The van der Waals surface area contributed by atoms with Gasteiger partial charge in [-0.15, -0.1) is 11.8 Å². The Morgan fingerprint density at radius 1 is 1.09 bits per heavy atom. The van der Waals surface area contributed by atoms with E-state index in [-0.39, 0.29) is 23.5 Å². The molecule has 7 heteroatoms. The van der Waals surface area contributed by atoms with Crippen LogP contribution < -0.4 is 0 Å². The van der Waals surface area contributed by atoms with Crippen molar-refractivity contribution >= 4 is 50.2 Å². The predicted molar refractivity (Wildman–Crippen MR) is 144 cm³/mol. The molecule has 0 saturated heterocycles. The number of carbonyl (C=O) groups is 1. The van der Waals surface area contributed by atoms with Gasteiger partial charge >= 0.3 is 0 Å². The van der Waals surface area contributed by atoms with E-state index >= 15 is 0 Å². The van der Waals surface area contributed by atoms with Crippen LogP contribution in [0.2, 0.25) is 0 Å². The van der Waals surface area contributed by atoms with Crippen LogP contribution in [-0.4, -0.2) is 26.9 Å². The van der Waals surface area contributed by atoms with Gasteiger partial charge in [-0.3, -0.25) is 4.79 Å². The van der Waals surface area contributed by atoms with Crippen LogP contribution in [0.3, 0.4) is 0 Å². The van der Waals surface area contributed by atoms with Crippen molar-refractivity contribution in [1.82, 2.24) is 9.58 Å². The molecule has 0 radical (unpaired) electrons. The molecule has 35 heavy (non-hydrogen) atoms. The van der Waals surface area contributed by atoms with E-state index in [1.165, 1.54) is 17.6 Å². The van der Waals surface area contributed by atoms with Crippen LogP contribution in [0.5, 0.6) is 0 Å². The maximum atomic E-state index is 13.6. The number of thioether (sulfide) groups is 1. The lowest BCUT2D eigenvalue weighted by atomic mass is 9.98. The average molecular weight is 550 g/mol. The van der Waals surface area contributed by atoms with E-state index < -0.39 is 0 Å². The molecule has 3 aromatic carbocycles. The number of hydrazone groups is 1. The zero-order valence-electron chi connectivity index (χ0n) is 19.3. The Labute approximate surface area is 217 Å². The SMILES string of the molecule is CCCn1cc(SCC(=O)N2N=C(c3ccc(Br)cc3)C[C@@H]2c2ccc(F)cc2)c2ccccc21. The molecule has 5 rings (SSSR count). The Kier molecular flexibility index (Phi) is 7.07. The molecule has 1 aliphatic heterocycles. The lowest BCUT2D eigenvalue weighted by Crippen LogP contribution is -2.28. The fourth-order valence-electron chi connectivity index (χ4n) is 4.46. The zero-order chi connectivity index (χ0) is 24.4. The number of rotatable bonds is 7. The Morgan fingerprint density at radius 2 is 1.83 bits per heavy atom. The number of aromatic nitrogens is 1. The normalized spacial score (nSPS) is 15.6. The molecule has 0 spiro atoms. The number of hydrogen-bond acceptors (Lipinski definition) is 3. The number of fused-ring (bicyclic) bond motifs is 1. The van der Waals surface area contributed by atoms with Crippen LogP contribution >= 0.6 is 27.7 Å². The quantitative estimate of drug-likeness (QED) is 0.225. The third kappa shape index (κ3) is 5.07. The van der Waals surface area contributed by atoms with Gasteiger partial charge < -0.3 is 4.57 Å². The first kappa shape index (κ1) is 23.8. The molecule has 1 aliphatic rings. The first-order chi connectivity index (χ1) is 17.0. The van der Waals surface area contributed by atoms with Gasteiger partial charge in [-0.2, -0.15) is 5.10 Å². The number of benzene rings is 3. The number of halogens is 2. The van der Waals surface area contributed by atoms with E-state index in [2.05, 4.69) is 45.8 Å². The molecular formula is C28H25BrFN3OS. The fourth-order valence-corrected chi connectivity index (χ4v) is 5.67. The van der Waals surface area contributed by atoms with Crippen LogP contribution in [0.4, 0.5) is 4.39 Å². The van der Waals surface area contributed by atoms with E-state index in [0.717, 1.165) is 44.6 Å². The summed E-state index contributed by atoms with van der Waals surface area (Å²) >= 11 is 5.01. The van der Waals surface area contributed by atoms with Crippen molar-refractivity contribution in [3.05, 3.63) is 100 Å². The molecule has 4 nitrogen and oxygen atoms in total. The molecule has 1 amide bonds. The second kappa shape index (κ2) is 10.4. The number of para-hydroxylation sites is 1. The zero-order valence-corrected chi connectivity index (χ0v) is 21.7. The van der Waals surface area contributed by atoms with Gasteiger partial charge in [0, 0.05) is 39.4 Å². The molecule has 0 saturated carbocycles. The van der Waals surface area contributed by atoms with Crippen LogP contribution in [-0.2, 0) is 11.3 Å². The largest absolute Gasteiger partial charge is 0.346 e. The molecule has 0 unspecified atom stereocenters. The van der Waals surface area contributed by atoms with E-state index in [9.17, 15) is 9.18 Å². The van der Waals surface area contributed by atoms with Gasteiger partial charge in [-0.1, -0.05) is 65.3 Å². The van der Waals surface area contributed by atoms with E-state index in [1.54, 1.807) is 28.9 Å². The van der Waals surface area contributed by atoms with Crippen molar-refractivity contribution in [3.8, 4) is 0 Å². The second-order valence-electron chi connectivity index (χ2n) is 8.56. The van der Waals surface area contributed by atoms with Crippen molar-refractivity contribution in [2.75, 3.05) is 5.75 Å². The highest BCUT2D eigenvalue weighted by Gasteiger charge is 2.33. The van der Waals surface area contributed by atoms with Crippen LogP contribution in [0, 0.1) is 5.82 Å². The number of aryl methyl sites for hydroxylation is 1. The summed E-state index contributed by atoms with van der Waals surface area (Å²) in [5.74, 6) is -0.0870. The van der Waals surface area contributed by atoms with Gasteiger partial charge in [-0.25, -0.2) is 9.40 Å². The number of nitrogens with zero attached hydrogens (tertiary/aromatic N) is 3. The molecule has 2 heterocycles. The summed E-state index contributed by atoms with van der Waals surface area (Å²) in [5.41, 5.74) is 3.89. The summed E-state index contributed by atoms with van der Waals surface area (Å²) in [5, 5.41) is 7.50. The average Bonchev–Trinajstić information content (AvgIpc) is 3.46. The fraction of sp³-hybridized carbons (Fsp3) is 0.214. The molecule has 0 aliphatic carbocycles. The Morgan fingerprint density at radius 3 is 2.57 bits per heavy atom. The summed E-state index contributed by atoms with van der Waals surface area (Å²) in [6.07, 6.45) is 3.77. The molecule has 178 valence electrons. The van der Waals surface area contributed by atoms with Crippen molar-refractivity contribution in [1.29, 1.82) is 0 Å². The Bertz CT molecular complexity index is 1380. The van der Waals surface area contributed by atoms with Crippen LogP contribution in [0.1, 0.15) is 36.9 Å². The maximum Gasteiger partial charge on any atom is 0.253 e. The highest BCUT2D eigenvalue weighted by molar-refractivity contribution is 9.10. The number of amides is 1. The summed E-state index contributed by atoms with van der Waals surface area (Å²) < 4.78 is 16.8. The predicted octanol–water partition coefficient (Wildman–Crippen LogP) is 7.42. The van der Waals surface area contributed by atoms with Gasteiger partial charge in [0.25, 0.3) is 5.91 Å². The van der Waals surface area contributed by atoms with E-state index in [0.29, 0.717) is 6.42 Å². The lowest BCUT2D eigenvalue weighted by Gasteiger charge is -2.22. The van der Waals surface area contributed by atoms with Gasteiger partial charge in [0.1, 0.15) is 5.82 Å². The summed E-state index contributed by atoms with van der Waals surface area (Å²) in [7, 11) is 0. The first-order valence-corrected chi connectivity index (χ1v) is 13.4. The lowest BCUT2D eigenvalue weighted by molar-refractivity contribution is -0.130. The maximum absolute atomic E-state index is 13.6. The third-order valence-corrected chi connectivity index (χ3v) is 7.72. The smallest absolute Gasteiger partial charge is 0.253 e. The van der Waals surface area contributed by atoms with Gasteiger partial charge in [0.05, 0.1) is 17.5 Å². The molecule has 0 N–H and O–H groups in total. The Balaban J connectivity index is 1.41. The van der Waals surface area contributed by atoms with Crippen molar-refractivity contribution < 1.29 is 9.18 Å². The number of hydrogen-bond donors (Lipinski definition) is 0. The van der Waals surface area contributed by atoms with Crippen molar-refractivity contribution in [3.63, 3.8) is 0 Å². The Hall–Kier alpha value is -2.90. The molecule has 1 atom stereocenters.